The molecule has 0 saturated heterocycles. The maximum absolute atomic E-state index is 12.7. The lowest BCUT2D eigenvalue weighted by atomic mass is 9.99. The first-order valence-corrected chi connectivity index (χ1v) is 8.08. The predicted molar refractivity (Wildman–Crippen MR) is 101 cm³/mol. The zero-order valence-electron chi connectivity index (χ0n) is 15.3. The zero-order valence-corrected chi connectivity index (χ0v) is 15.3. The largest absolute Gasteiger partial charge is 0.478 e. The lowest BCUT2D eigenvalue weighted by Crippen LogP contribution is -2.18. The lowest BCUT2D eigenvalue weighted by molar-refractivity contribution is -0.120. The Morgan fingerprint density at radius 1 is 0.897 bits per heavy atom. The standard InChI is InChI=1S/C19H16N2O8/c1-9(23)13-6-14(15(19(27)28)7-16(13)29-8-22)17(24)21-12-4-10(18(25)26)3-11(5-12)20-2/h3-8,20H,1-2H3,(H,21,24)(H,25,26)(H,27,28). The molecule has 1 amide bonds. The number of hydrogen-bond donors (Lipinski definition) is 4. The van der Waals surface area contributed by atoms with Crippen LogP contribution in [0, 0.1) is 0 Å². The number of anilines is 2. The Kier molecular flexibility index (Phi) is 6.29. The van der Waals surface area contributed by atoms with Gasteiger partial charge in [-0.05, 0) is 37.3 Å². The van der Waals surface area contributed by atoms with Crippen LogP contribution in [0.5, 0.6) is 5.75 Å². The first kappa shape index (κ1) is 21.1. The predicted octanol–water partition coefficient (Wildman–Crippen LogP) is 2.11. The molecule has 0 spiro atoms. The lowest BCUT2D eigenvalue weighted by Gasteiger charge is -2.13. The van der Waals surface area contributed by atoms with Gasteiger partial charge in [0.15, 0.2) is 5.78 Å². The summed E-state index contributed by atoms with van der Waals surface area (Å²) in [6.45, 7) is 1.19. The highest BCUT2D eigenvalue weighted by Crippen LogP contribution is 2.26. The smallest absolute Gasteiger partial charge is 0.336 e. The summed E-state index contributed by atoms with van der Waals surface area (Å²) < 4.78 is 4.64. The molecule has 0 atom stereocenters. The topological polar surface area (TPSA) is 159 Å². The maximum Gasteiger partial charge on any atom is 0.336 e. The number of Topliss-reactive ketones (excluding diaryl/α,β-unsaturated/α-hetero) is 1. The number of rotatable bonds is 8. The van der Waals surface area contributed by atoms with E-state index < -0.39 is 29.2 Å². The van der Waals surface area contributed by atoms with Gasteiger partial charge < -0.3 is 25.6 Å². The molecule has 29 heavy (non-hydrogen) atoms. The number of carboxylic acid groups (broad SMARTS) is 2. The third-order valence-electron chi connectivity index (χ3n) is 3.88. The average molecular weight is 400 g/mol. The number of nitrogens with one attached hydrogen (secondary N) is 2. The van der Waals surface area contributed by atoms with Crippen LogP contribution in [0.1, 0.15) is 48.4 Å². The van der Waals surface area contributed by atoms with E-state index in [1.807, 2.05) is 0 Å². The molecule has 0 unspecified atom stereocenters. The summed E-state index contributed by atoms with van der Waals surface area (Å²) in [4.78, 5) is 57.9. The van der Waals surface area contributed by atoms with E-state index in [2.05, 4.69) is 15.4 Å². The molecule has 2 aromatic rings. The average Bonchev–Trinajstić information content (AvgIpc) is 2.67. The van der Waals surface area contributed by atoms with Crippen molar-refractivity contribution in [1.82, 2.24) is 0 Å². The second-order valence-corrected chi connectivity index (χ2v) is 5.78. The molecule has 0 heterocycles. The van der Waals surface area contributed by atoms with Gasteiger partial charge in [-0.25, -0.2) is 9.59 Å². The van der Waals surface area contributed by atoms with Crippen molar-refractivity contribution in [3.05, 3.63) is 52.6 Å². The normalized spacial score (nSPS) is 10.0. The summed E-state index contributed by atoms with van der Waals surface area (Å²) in [5, 5.41) is 23.7. The molecule has 0 aliphatic rings. The number of carbonyl (C=O) groups excluding carboxylic acids is 3. The number of aromatic carboxylic acids is 2. The number of benzene rings is 2. The van der Waals surface area contributed by atoms with E-state index in [4.69, 9.17) is 0 Å². The van der Waals surface area contributed by atoms with Crippen LogP contribution in [-0.2, 0) is 4.79 Å². The SMILES string of the molecule is CNc1cc(NC(=O)c2cc(C(C)=O)c(OC=O)cc2C(=O)O)cc(C(=O)O)c1. The fraction of sp³-hybridized carbons (Fsp3) is 0.105. The van der Waals surface area contributed by atoms with Crippen LogP contribution in [0.4, 0.5) is 11.4 Å². The number of ether oxygens (including phenoxy) is 1. The van der Waals surface area contributed by atoms with Crippen LogP contribution >= 0.6 is 0 Å². The quantitative estimate of drug-likeness (QED) is 0.384. The molecule has 0 saturated carbocycles. The van der Waals surface area contributed by atoms with E-state index in [-0.39, 0.29) is 34.6 Å². The molecule has 10 heteroatoms. The second kappa shape index (κ2) is 8.65. The molecule has 0 aliphatic heterocycles. The first-order chi connectivity index (χ1) is 13.7. The number of carboxylic acids is 2. The second-order valence-electron chi connectivity index (χ2n) is 5.78. The molecule has 4 N–H and O–H groups in total. The Balaban J connectivity index is 2.55. The molecule has 2 aromatic carbocycles. The van der Waals surface area contributed by atoms with E-state index in [1.54, 1.807) is 7.05 Å². The highest BCUT2D eigenvalue weighted by atomic mass is 16.5. The van der Waals surface area contributed by atoms with Crippen molar-refractivity contribution in [2.75, 3.05) is 17.7 Å². The molecule has 150 valence electrons. The minimum absolute atomic E-state index is 0.0316. The molecule has 10 nitrogen and oxygen atoms in total. The molecule has 0 bridgehead atoms. The van der Waals surface area contributed by atoms with Crippen molar-refractivity contribution in [2.24, 2.45) is 0 Å². The Labute approximate surface area is 164 Å². The third-order valence-corrected chi connectivity index (χ3v) is 3.88. The first-order valence-electron chi connectivity index (χ1n) is 8.08. The van der Waals surface area contributed by atoms with E-state index in [0.717, 1.165) is 19.1 Å². The van der Waals surface area contributed by atoms with Crippen LogP contribution in [0.15, 0.2) is 30.3 Å². The fourth-order valence-electron chi connectivity index (χ4n) is 2.54. The van der Waals surface area contributed by atoms with Gasteiger partial charge in [0.05, 0.1) is 22.3 Å². The van der Waals surface area contributed by atoms with Gasteiger partial charge in [0.2, 0.25) is 0 Å². The van der Waals surface area contributed by atoms with Crippen LogP contribution in [0.2, 0.25) is 0 Å². The van der Waals surface area contributed by atoms with E-state index in [9.17, 15) is 34.2 Å². The van der Waals surface area contributed by atoms with Crippen LogP contribution in [-0.4, -0.2) is 47.4 Å². The Bertz CT molecular complexity index is 1030. The molecule has 0 aromatic heterocycles. The van der Waals surface area contributed by atoms with E-state index in [0.29, 0.717) is 5.69 Å². The highest BCUT2D eigenvalue weighted by molar-refractivity contribution is 6.13. The number of amides is 1. The number of hydrogen-bond acceptors (Lipinski definition) is 7. The highest BCUT2D eigenvalue weighted by Gasteiger charge is 2.23. The number of ketones is 1. The monoisotopic (exact) mass is 400 g/mol. The summed E-state index contributed by atoms with van der Waals surface area (Å²) in [6, 6.07) is 5.88. The molecular formula is C19H16N2O8. The summed E-state index contributed by atoms with van der Waals surface area (Å²) in [5.74, 6) is -4.47. The van der Waals surface area contributed by atoms with Gasteiger partial charge in [-0.3, -0.25) is 14.4 Å². The van der Waals surface area contributed by atoms with E-state index >= 15 is 0 Å². The maximum atomic E-state index is 12.7. The Hall–Kier alpha value is -4.21. The number of carbonyl (C=O) groups is 5. The van der Waals surface area contributed by atoms with Gasteiger partial charge in [-0.2, -0.15) is 0 Å². The molecular weight excluding hydrogens is 384 g/mol. The zero-order chi connectivity index (χ0) is 21.7. The van der Waals surface area contributed by atoms with Gasteiger partial charge in [0.25, 0.3) is 12.4 Å². The van der Waals surface area contributed by atoms with Crippen molar-refractivity contribution in [2.45, 2.75) is 6.92 Å². The van der Waals surface area contributed by atoms with Crippen LogP contribution in [0.25, 0.3) is 0 Å². The van der Waals surface area contributed by atoms with Crippen molar-refractivity contribution >= 4 is 41.5 Å². The van der Waals surface area contributed by atoms with Gasteiger partial charge in [0, 0.05) is 18.4 Å². The third kappa shape index (κ3) is 4.75. The van der Waals surface area contributed by atoms with E-state index in [1.165, 1.54) is 18.2 Å². The summed E-state index contributed by atoms with van der Waals surface area (Å²) >= 11 is 0. The van der Waals surface area contributed by atoms with Crippen molar-refractivity contribution in [3.8, 4) is 5.75 Å². The molecule has 0 radical (unpaired) electrons. The van der Waals surface area contributed by atoms with Gasteiger partial charge >= 0.3 is 11.9 Å². The minimum atomic E-state index is -1.49. The fourth-order valence-corrected chi connectivity index (χ4v) is 2.54. The van der Waals surface area contributed by atoms with Crippen molar-refractivity contribution in [3.63, 3.8) is 0 Å². The van der Waals surface area contributed by atoms with Crippen molar-refractivity contribution < 1.29 is 38.9 Å². The Morgan fingerprint density at radius 2 is 1.55 bits per heavy atom. The summed E-state index contributed by atoms with van der Waals surface area (Å²) in [6.07, 6.45) is 0. The summed E-state index contributed by atoms with van der Waals surface area (Å²) in [7, 11) is 1.56. The summed E-state index contributed by atoms with van der Waals surface area (Å²) in [5.41, 5.74) is -0.654. The molecule has 0 fully saturated rings. The minimum Gasteiger partial charge on any atom is -0.478 e. The van der Waals surface area contributed by atoms with Crippen LogP contribution < -0.4 is 15.4 Å². The van der Waals surface area contributed by atoms with Crippen molar-refractivity contribution in [1.29, 1.82) is 0 Å². The molecule has 2 rings (SSSR count). The Morgan fingerprint density at radius 3 is 2.07 bits per heavy atom. The van der Waals surface area contributed by atoms with Gasteiger partial charge in [0.1, 0.15) is 5.75 Å². The molecule has 0 aliphatic carbocycles. The van der Waals surface area contributed by atoms with Gasteiger partial charge in [-0.1, -0.05) is 0 Å². The van der Waals surface area contributed by atoms with Crippen LogP contribution in [0.3, 0.4) is 0 Å². The van der Waals surface area contributed by atoms with Gasteiger partial charge in [-0.15, -0.1) is 0 Å².